The summed E-state index contributed by atoms with van der Waals surface area (Å²) in [4.78, 5) is 35.3. The number of thiophene rings is 1. The Morgan fingerprint density at radius 2 is 2.07 bits per heavy atom. The van der Waals surface area contributed by atoms with Gasteiger partial charge in [-0.1, -0.05) is 42.4 Å². The average Bonchev–Trinajstić information content (AvgIpc) is 3.36. The number of aryl methyl sites for hydroxylation is 1. The van der Waals surface area contributed by atoms with Gasteiger partial charge in [0, 0.05) is 11.6 Å². The van der Waals surface area contributed by atoms with Crippen LogP contribution in [0.4, 0.5) is 0 Å². The fraction of sp³-hybridized carbons (Fsp3) is 0.286. The molecule has 0 saturated heterocycles. The number of amides is 1. The number of hydrogen-bond donors (Lipinski definition) is 1. The largest absolute Gasteiger partial charge is 0.352 e. The summed E-state index contributed by atoms with van der Waals surface area (Å²) in [5.74, 6) is 0.606. The summed E-state index contributed by atoms with van der Waals surface area (Å²) < 4.78 is 6.78. The molecule has 1 aromatic carbocycles. The Labute approximate surface area is 176 Å². The summed E-state index contributed by atoms with van der Waals surface area (Å²) in [6, 6.07) is 9.57. The molecule has 3 heterocycles. The molecule has 0 aliphatic carbocycles. The minimum absolute atomic E-state index is 0.0516. The maximum Gasteiger partial charge on any atom is 0.268 e. The number of carbonyl (C=O) groups is 1. The second-order valence-corrected chi connectivity index (χ2v) is 8.08. The van der Waals surface area contributed by atoms with E-state index in [2.05, 4.69) is 20.4 Å². The lowest BCUT2D eigenvalue weighted by molar-refractivity contribution is -0.122. The molecule has 0 fully saturated rings. The number of nitrogens with zero attached hydrogens (tertiary/aromatic N) is 4. The molecule has 0 aliphatic heterocycles. The Morgan fingerprint density at radius 3 is 2.80 bits per heavy atom. The Morgan fingerprint density at radius 1 is 1.30 bits per heavy atom. The van der Waals surface area contributed by atoms with E-state index in [4.69, 9.17) is 4.52 Å². The zero-order valence-electron chi connectivity index (χ0n) is 16.9. The third-order valence-corrected chi connectivity index (χ3v) is 6.09. The van der Waals surface area contributed by atoms with Gasteiger partial charge in [0.05, 0.1) is 16.6 Å². The second kappa shape index (κ2) is 8.19. The lowest BCUT2D eigenvalue weighted by atomic mass is 10.2. The van der Waals surface area contributed by atoms with Crippen molar-refractivity contribution in [3.8, 4) is 22.2 Å². The molecule has 154 valence electrons. The van der Waals surface area contributed by atoms with E-state index in [-0.39, 0.29) is 24.1 Å². The van der Waals surface area contributed by atoms with Crippen molar-refractivity contribution in [2.24, 2.45) is 0 Å². The molecular weight excluding hydrogens is 402 g/mol. The van der Waals surface area contributed by atoms with Gasteiger partial charge in [-0.3, -0.25) is 14.2 Å². The smallest absolute Gasteiger partial charge is 0.268 e. The molecule has 3 aromatic heterocycles. The van der Waals surface area contributed by atoms with Gasteiger partial charge in [0.25, 0.3) is 11.4 Å². The summed E-state index contributed by atoms with van der Waals surface area (Å²) in [7, 11) is 0. The van der Waals surface area contributed by atoms with Crippen LogP contribution in [0.15, 0.2) is 46.0 Å². The van der Waals surface area contributed by atoms with Gasteiger partial charge in [-0.2, -0.15) is 4.98 Å². The third kappa shape index (κ3) is 3.76. The van der Waals surface area contributed by atoms with Crippen molar-refractivity contribution in [1.82, 2.24) is 25.0 Å². The topological polar surface area (TPSA) is 103 Å². The van der Waals surface area contributed by atoms with Crippen LogP contribution in [0, 0.1) is 6.92 Å². The lowest BCUT2D eigenvalue weighted by Gasteiger charge is -2.12. The van der Waals surface area contributed by atoms with Gasteiger partial charge >= 0.3 is 0 Å². The highest BCUT2D eigenvalue weighted by Gasteiger charge is 2.21. The van der Waals surface area contributed by atoms with E-state index in [1.165, 1.54) is 22.2 Å². The van der Waals surface area contributed by atoms with Crippen molar-refractivity contribution >= 4 is 27.5 Å². The Kier molecular flexibility index (Phi) is 5.45. The summed E-state index contributed by atoms with van der Waals surface area (Å²) in [6.07, 6.45) is 2.23. The maximum atomic E-state index is 13.0. The van der Waals surface area contributed by atoms with Gasteiger partial charge in [0.15, 0.2) is 0 Å². The fourth-order valence-electron chi connectivity index (χ4n) is 3.07. The van der Waals surface area contributed by atoms with Gasteiger partial charge in [-0.05, 0) is 25.8 Å². The number of fused-ring (bicyclic) bond motifs is 1. The van der Waals surface area contributed by atoms with Crippen LogP contribution in [0.25, 0.3) is 32.4 Å². The first kappa shape index (κ1) is 20.0. The molecule has 1 N–H and O–H groups in total. The van der Waals surface area contributed by atoms with Crippen molar-refractivity contribution < 1.29 is 9.32 Å². The number of benzene rings is 1. The number of aromatic nitrogens is 4. The highest BCUT2D eigenvalue weighted by atomic mass is 32.1. The van der Waals surface area contributed by atoms with Crippen LogP contribution < -0.4 is 10.9 Å². The van der Waals surface area contributed by atoms with Crippen molar-refractivity contribution in [2.45, 2.75) is 39.8 Å². The van der Waals surface area contributed by atoms with Crippen molar-refractivity contribution in [1.29, 1.82) is 0 Å². The van der Waals surface area contributed by atoms with Crippen molar-refractivity contribution in [3.05, 3.63) is 52.6 Å². The second-order valence-electron chi connectivity index (χ2n) is 7.08. The van der Waals surface area contributed by atoms with Gasteiger partial charge in [0.2, 0.25) is 11.7 Å². The van der Waals surface area contributed by atoms with E-state index in [9.17, 15) is 9.59 Å². The number of nitrogens with one attached hydrogen (secondary N) is 1. The third-order valence-electron chi connectivity index (χ3n) is 4.90. The highest BCUT2D eigenvalue weighted by Crippen LogP contribution is 2.35. The van der Waals surface area contributed by atoms with E-state index in [1.54, 1.807) is 0 Å². The average molecular weight is 423 g/mol. The van der Waals surface area contributed by atoms with Gasteiger partial charge in [-0.15, -0.1) is 11.3 Å². The van der Waals surface area contributed by atoms with Crippen molar-refractivity contribution in [3.63, 3.8) is 0 Å². The molecule has 8 nitrogen and oxygen atoms in total. The summed E-state index contributed by atoms with van der Waals surface area (Å²) in [5.41, 5.74) is 1.30. The molecule has 1 atom stereocenters. The first-order valence-corrected chi connectivity index (χ1v) is 10.5. The standard InChI is InChI=1S/C21H21N5O3S/c1-4-12(2)23-15(27)10-26-11-22-20-16(21(26)28)13(3)17(30-20)19-24-18(25-29-19)14-8-6-5-7-9-14/h5-9,11-12H,4,10H2,1-3H3,(H,23,27). The molecule has 1 unspecified atom stereocenters. The van der Waals surface area contributed by atoms with Crippen LogP contribution in [-0.4, -0.2) is 31.6 Å². The SMILES string of the molecule is CCC(C)NC(=O)Cn1cnc2sc(-c3nc(-c4ccccc4)no3)c(C)c2c1=O. The maximum absolute atomic E-state index is 13.0. The summed E-state index contributed by atoms with van der Waals surface area (Å²) in [6.45, 7) is 5.66. The molecule has 0 bridgehead atoms. The summed E-state index contributed by atoms with van der Waals surface area (Å²) >= 11 is 1.32. The fourth-order valence-corrected chi connectivity index (χ4v) is 4.13. The number of hydrogen-bond acceptors (Lipinski definition) is 7. The molecular formula is C21H21N5O3S. The Hall–Kier alpha value is -3.33. The van der Waals surface area contributed by atoms with Crippen LogP contribution >= 0.6 is 11.3 Å². The molecule has 1 amide bonds. The first-order chi connectivity index (χ1) is 14.5. The van der Waals surface area contributed by atoms with Gasteiger partial charge in [-0.25, -0.2) is 4.98 Å². The molecule has 4 aromatic rings. The van der Waals surface area contributed by atoms with Crippen LogP contribution in [0.5, 0.6) is 0 Å². The zero-order chi connectivity index (χ0) is 21.3. The monoisotopic (exact) mass is 423 g/mol. The molecule has 0 saturated carbocycles. The zero-order valence-corrected chi connectivity index (χ0v) is 17.7. The minimum atomic E-state index is -0.262. The van der Waals surface area contributed by atoms with Crippen LogP contribution in [0.1, 0.15) is 25.8 Å². The van der Waals surface area contributed by atoms with Crippen LogP contribution in [0.3, 0.4) is 0 Å². The van der Waals surface area contributed by atoms with E-state index >= 15 is 0 Å². The first-order valence-electron chi connectivity index (χ1n) is 9.65. The van der Waals surface area contributed by atoms with E-state index in [0.29, 0.717) is 32.4 Å². The molecule has 0 aliphatic rings. The Balaban J connectivity index is 1.68. The number of rotatable bonds is 6. The lowest BCUT2D eigenvalue weighted by Crippen LogP contribution is -2.37. The predicted octanol–water partition coefficient (Wildman–Crippen LogP) is 3.40. The number of carbonyl (C=O) groups excluding carboxylic acids is 1. The minimum Gasteiger partial charge on any atom is -0.352 e. The van der Waals surface area contributed by atoms with Crippen LogP contribution in [0.2, 0.25) is 0 Å². The van der Waals surface area contributed by atoms with Crippen LogP contribution in [-0.2, 0) is 11.3 Å². The summed E-state index contributed by atoms with van der Waals surface area (Å²) in [5, 5.41) is 7.38. The Bertz CT molecular complexity index is 1260. The van der Waals surface area contributed by atoms with Crippen molar-refractivity contribution in [2.75, 3.05) is 0 Å². The predicted molar refractivity (Wildman–Crippen MR) is 115 cm³/mol. The molecule has 9 heteroatoms. The quantitative estimate of drug-likeness (QED) is 0.510. The van der Waals surface area contributed by atoms with E-state index in [1.807, 2.05) is 51.1 Å². The van der Waals surface area contributed by atoms with Gasteiger partial charge < -0.3 is 9.84 Å². The molecule has 0 radical (unpaired) electrons. The van der Waals surface area contributed by atoms with E-state index < -0.39 is 0 Å². The highest BCUT2D eigenvalue weighted by molar-refractivity contribution is 7.22. The molecule has 0 spiro atoms. The molecule has 4 rings (SSSR count). The van der Waals surface area contributed by atoms with Gasteiger partial charge in [0.1, 0.15) is 11.4 Å². The van der Waals surface area contributed by atoms with E-state index in [0.717, 1.165) is 12.0 Å². The normalized spacial score (nSPS) is 12.2. The molecule has 30 heavy (non-hydrogen) atoms.